The van der Waals surface area contributed by atoms with E-state index in [1.54, 1.807) is 13.8 Å². The van der Waals surface area contributed by atoms with Crippen LogP contribution in [0.4, 0.5) is 0 Å². The summed E-state index contributed by atoms with van der Waals surface area (Å²) in [5, 5.41) is 16.7. The van der Waals surface area contributed by atoms with Crippen LogP contribution in [0.3, 0.4) is 0 Å². The molecule has 90 valence electrons. The van der Waals surface area contributed by atoms with Gasteiger partial charge in [-0.3, -0.25) is 0 Å². The number of hydrogen-bond donors (Lipinski definition) is 1. The van der Waals surface area contributed by atoms with Crippen LogP contribution in [-0.4, -0.2) is 32.2 Å². The first-order valence-corrected chi connectivity index (χ1v) is 5.09. The largest absolute Gasteiger partial charge is 0.490 e. The van der Waals surface area contributed by atoms with E-state index in [9.17, 15) is 9.90 Å². The quantitative estimate of drug-likeness (QED) is 0.770. The number of carbonyl (C=O) groups is 1. The molecule has 0 aliphatic heterocycles. The minimum atomic E-state index is -0.618. The first-order valence-electron chi connectivity index (χ1n) is 5.09. The highest BCUT2D eigenvalue weighted by Crippen LogP contribution is 2.22. The molecule has 0 radical (unpaired) electrons. The number of aromatic nitrogens is 3. The van der Waals surface area contributed by atoms with Crippen molar-refractivity contribution in [2.75, 3.05) is 0 Å². The van der Waals surface area contributed by atoms with Gasteiger partial charge in [0, 0.05) is 0 Å². The van der Waals surface area contributed by atoms with Crippen LogP contribution in [0.2, 0.25) is 0 Å². The monoisotopic (exact) mass is 227 g/mol. The summed E-state index contributed by atoms with van der Waals surface area (Å²) in [4.78, 5) is 11.7. The highest BCUT2D eigenvalue weighted by Gasteiger charge is 2.28. The van der Waals surface area contributed by atoms with E-state index in [1.165, 1.54) is 4.68 Å². The lowest BCUT2D eigenvalue weighted by atomic mass is 10.1. The van der Waals surface area contributed by atoms with Gasteiger partial charge in [0.25, 0.3) is 5.88 Å². The molecular formula is C10H17N3O3. The summed E-state index contributed by atoms with van der Waals surface area (Å²) in [5.41, 5.74) is -0.458. The first-order chi connectivity index (χ1) is 7.23. The Bertz CT molecular complexity index is 391. The zero-order valence-electron chi connectivity index (χ0n) is 10.2. The molecule has 0 unspecified atom stereocenters. The van der Waals surface area contributed by atoms with Crippen molar-refractivity contribution in [3.8, 4) is 5.88 Å². The van der Waals surface area contributed by atoms with Crippen LogP contribution < -0.4 is 0 Å². The van der Waals surface area contributed by atoms with Crippen LogP contribution in [0.25, 0.3) is 0 Å². The Morgan fingerprint density at radius 2 is 2.00 bits per heavy atom. The van der Waals surface area contributed by atoms with Crippen LogP contribution in [0.5, 0.6) is 5.88 Å². The van der Waals surface area contributed by atoms with Crippen molar-refractivity contribution >= 4 is 5.97 Å². The van der Waals surface area contributed by atoms with E-state index in [2.05, 4.69) is 10.3 Å². The molecule has 1 aromatic heterocycles. The van der Waals surface area contributed by atoms with E-state index in [1.807, 2.05) is 20.8 Å². The van der Waals surface area contributed by atoms with Gasteiger partial charge in [-0.2, -0.15) is 0 Å². The number of rotatable bonds is 2. The van der Waals surface area contributed by atoms with E-state index in [-0.39, 0.29) is 11.8 Å². The fourth-order valence-corrected chi connectivity index (χ4v) is 1.19. The van der Waals surface area contributed by atoms with Crippen LogP contribution >= 0.6 is 0 Å². The fraction of sp³-hybridized carbons (Fsp3) is 0.700. The Labute approximate surface area is 94.2 Å². The lowest BCUT2D eigenvalue weighted by Gasteiger charge is -2.20. The van der Waals surface area contributed by atoms with E-state index in [0.29, 0.717) is 0 Å². The van der Waals surface area contributed by atoms with Crippen molar-refractivity contribution in [3.63, 3.8) is 0 Å². The Balaban J connectivity index is 3.12. The van der Waals surface area contributed by atoms with Gasteiger partial charge in [0.15, 0.2) is 0 Å². The predicted octanol–water partition coefficient (Wildman–Crippen LogP) is 1.30. The average molecular weight is 227 g/mol. The Morgan fingerprint density at radius 1 is 1.44 bits per heavy atom. The molecule has 0 amide bonds. The maximum absolute atomic E-state index is 11.7. The lowest BCUT2D eigenvalue weighted by molar-refractivity contribution is 0.0352. The summed E-state index contributed by atoms with van der Waals surface area (Å²) >= 11 is 0. The molecule has 0 atom stereocenters. The molecule has 1 heterocycles. The molecule has 6 nitrogen and oxygen atoms in total. The molecule has 0 aliphatic carbocycles. The summed E-state index contributed by atoms with van der Waals surface area (Å²) in [6.07, 6.45) is -0.254. The van der Waals surface area contributed by atoms with Gasteiger partial charge in [-0.05, 0) is 34.6 Å². The molecule has 16 heavy (non-hydrogen) atoms. The van der Waals surface area contributed by atoms with Crippen LogP contribution in [0.1, 0.15) is 45.1 Å². The van der Waals surface area contributed by atoms with Gasteiger partial charge < -0.3 is 9.84 Å². The summed E-state index contributed by atoms with van der Waals surface area (Å²) in [6.45, 7) is 9.04. The Kier molecular flexibility index (Phi) is 3.21. The second-order valence-corrected chi connectivity index (χ2v) is 4.80. The third kappa shape index (κ3) is 2.50. The number of carbonyl (C=O) groups excluding carboxylic acids is 1. The number of nitrogens with zero attached hydrogens (tertiary/aromatic N) is 3. The molecule has 0 saturated heterocycles. The van der Waals surface area contributed by atoms with Gasteiger partial charge in [0.05, 0.1) is 11.6 Å². The smallest absolute Gasteiger partial charge is 0.362 e. The zero-order chi connectivity index (χ0) is 12.5. The van der Waals surface area contributed by atoms with Gasteiger partial charge in [-0.1, -0.05) is 10.3 Å². The highest BCUT2D eigenvalue weighted by atomic mass is 16.5. The Morgan fingerprint density at radius 3 is 2.44 bits per heavy atom. The number of hydrogen-bond acceptors (Lipinski definition) is 5. The number of ether oxygens (including phenoxy) is 1. The number of esters is 1. The van der Waals surface area contributed by atoms with E-state index in [4.69, 9.17) is 4.74 Å². The summed E-state index contributed by atoms with van der Waals surface area (Å²) in [7, 11) is 0. The zero-order valence-corrected chi connectivity index (χ0v) is 10.2. The van der Waals surface area contributed by atoms with E-state index < -0.39 is 17.4 Å². The van der Waals surface area contributed by atoms with Crippen molar-refractivity contribution in [2.45, 2.75) is 46.3 Å². The van der Waals surface area contributed by atoms with Gasteiger partial charge >= 0.3 is 5.97 Å². The Hall–Kier alpha value is -1.59. The van der Waals surface area contributed by atoms with Crippen molar-refractivity contribution in [3.05, 3.63) is 5.69 Å². The molecule has 6 heteroatoms. The lowest BCUT2D eigenvalue weighted by Crippen LogP contribution is -2.28. The summed E-state index contributed by atoms with van der Waals surface area (Å²) in [5.74, 6) is -1.02. The topological polar surface area (TPSA) is 77.2 Å². The van der Waals surface area contributed by atoms with Crippen molar-refractivity contribution in [1.82, 2.24) is 15.0 Å². The van der Waals surface area contributed by atoms with Crippen LogP contribution in [0, 0.1) is 0 Å². The van der Waals surface area contributed by atoms with Crippen molar-refractivity contribution < 1.29 is 14.6 Å². The predicted molar refractivity (Wildman–Crippen MR) is 57.2 cm³/mol. The summed E-state index contributed by atoms with van der Waals surface area (Å²) in [6, 6.07) is 0. The standard InChI is InChI=1S/C10H17N3O3/c1-6(2)16-9(15)7-8(14)11-12-13(7)10(3,4)5/h6,14H,1-5H3. The van der Waals surface area contributed by atoms with Crippen molar-refractivity contribution in [2.24, 2.45) is 0 Å². The van der Waals surface area contributed by atoms with Gasteiger partial charge in [0.2, 0.25) is 5.69 Å². The minimum absolute atomic E-state index is 0.0128. The molecule has 1 aromatic rings. The SMILES string of the molecule is CC(C)OC(=O)c1c(O)nnn1C(C)(C)C. The molecule has 0 fully saturated rings. The molecule has 1 N–H and O–H groups in total. The first kappa shape index (κ1) is 12.5. The molecule has 1 rings (SSSR count). The van der Waals surface area contributed by atoms with E-state index in [0.717, 1.165) is 0 Å². The fourth-order valence-electron chi connectivity index (χ4n) is 1.19. The molecule has 0 aliphatic rings. The second-order valence-electron chi connectivity index (χ2n) is 4.80. The molecule has 0 spiro atoms. The third-order valence-electron chi connectivity index (χ3n) is 1.82. The molecular weight excluding hydrogens is 210 g/mol. The van der Waals surface area contributed by atoms with Crippen LogP contribution in [0.15, 0.2) is 0 Å². The highest BCUT2D eigenvalue weighted by molar-refractivity contribution is 5.89. The van der Waals surface area contributed by atoms with Gasteiger partial charge in [0.1, 0.15) is 0 Å². The number of aromatic hydroxyl groups is 1. The maximum atomic E-state index is 11.7. The molecule has 0 saturated carbocycles. The van der Waals surface area contributed by atoms with Crippen LogP contribution in [-0.2, 0) is 10.3 Å². The third-order valence-corrected chi connectivity index (χ3v) is 1.82. The maximum Gasteiger partial charge on any atom is 0.362 e. The molecule has 0 bridgehead atoms. The van der Waals surface area contributed by atoms with Gasteiger partial charge in [-0.25, -0.2) is 9.48 Å². The average Bonchev–Trinajstić information content (AvgIpc) is 2.44. The molecule has 0 aromatic carbocycles. The van der Waals surface area contributed by atoms with Gasteiger partial charge in [-0.15, -0.1) is 0 Å². The second kappa shape index (κ2) is 4.11. The normalized spacial score (nSPS) is 11.9. The van der Waals surface area contributed by atoms with E-state index >= 15 is 0 Å². The summed E-state index contributed by atoms with van der Waals surface area (Å²) < 4.78 is 6.37. The minimum Gasteiger partial charge on any atom is -0.490 e. The van der Waals surface area contributed by atoms with Crippen molar-refractivity contribution in [1.29, 1.82) is 0 Å².